The minimum Gasteiger partial charge on any atom is -0.494 e. The van der Waals surface area contributed by atoms with Crippen LogP contribution in [0.15, 0.2) is 16.9 Å². The number of piperidine rings is 1. The number of carbonyl (C=O) groups excluding carboxylic acids is 2. The standard InChI is InChI=1S/C17H21N3O4/c1-9(2)10-5-6-11-14(15(10)24-4)19(3)17(23)20(11)12-7-8-13(21)18-16(12)22/h5-6,9,12H,7-8H2,1-4H3,(H,18,21,22). The van der Waals surface area contributed by atoms with Crippen LogP contribution in [0, 0.1) is 0 Å². The van der Waals surface area contributed by atoms with Gasteiger partial charge >= 0.3 is 5.69 Å². The number of ether oxygens (including phenoxy) is 1. The molecule has 1 aliphatic rings. The number of nitrogens with zero attached hydrogens (tertiary/aromatic N) is 2. The predicted molar refractivity (Wildman–Crippen MR) is 89.2 cm³/mol. The van der Waals surface area contributed by atoms with Crippen molar-refractivity contribution in [3.8, 4) is 5.75 Å². The van der Waals surface area contributed by atoms with Crippen LogP contribution in [-0.4, -0.2) is 28.1 Å². The van der Waals surface area contributed by atoms with Crippen molar-refractivity contribution in [2.45, 2.75) is 38.6 Å². The van der Waals surface area contributed by atoms with Crippen LogP contribution in [0.1, 0.15) is 44.2 Å². The van der Waals surface area contributed by atoms with E-state index in [4.69, 9.17) is 4.74 Å². The lowest BCUT2D eigenvalue weighted by Crippen LogP contribution is -2.44. The Hall–Kier alpha value is -2.57. The molecule has 1 aromatic carbocycles. The maximum atomic E-state index is 12.8. The number of methoxy groups -OCH3 is 1. The van der Waals surface area contributed by atoms with Gasteiger partial charge in [-0.15, -0.1) is 0 Å². The van der Waals surface area contributed by atoms with Gasteiger partial charge in [-0.25, -0.2) is 4.79 Å². The van der Waals surface area contributed by atoms with Crippen molar-refractivity contribution in [2.75, 3.05) is 7.11 Å². The molecule has 1 unspecified atom stereocenters. The number of amides is 2. The molecule has 24 heavy (non-hydrogen) atoms. The molecule has 0 bridgehead atoms. The van der Waals surface area contributed by atoms with E-state index in [0.29, 0.717) is 23.2 Å². The summed E-state index contributed by atoms with van der Waals surface area (Å²) in [6.45, 7) is 4.11. The van der Waals surface area contributed by atoms with Crippen LogP contribution >= 0.6 is 0 Å². The van der Waals surface area contributed by atoms with Crippen molar-refractivity contribution in [3.05, 3.63) is 28.2 Å². The Morgan fingerprint density at radius 2 is 1.96 bits per heavy atom. The molecule has 3 rings (SSSR count). The van der Waals surface area contributed by atoms with Crippen molar-refractivity contribution < 1.29 is 14.3 Å². The zero-order chi connectivity index (χ0) is 17.6. The molecule has 0 aliphatic carbocycles. The molecule has 1 atom stereocenters. The summed E-state index contributed by atoms with van der Waals surface area (Å²) in [5, 5.41) is 2.31. The third kappa shape index (κ3) is 2.31. The van der Waals surface area contributed by atoms with Crippen LogP contribution < -0.4 is 15.7 Å². The summed E-state index contributed by atoms with van der Waals surface area (Å²) >= 11 is 0. The number of aryl methyl sites for hydroxylation is 1. The highest BCUT2D eigenvalue weighted by Crippen LogP contribution is 2.35. The lowest BCUT2D eigenvalue weighted by atomic mass is 10.0. The molecule has 1 fully saturated rings. The quantitative estimate of drug-likeness (QED) is 0.863. The first-order valence-electron chi connectivity index (χ1n) is 7.98. The lowest BCUT2D eigenvalue weighted by Gasteiger charge is -2.22. The fourth-order valence-electron chi connectivity index (χ4n) is 3.35. The number of nitrogens with one attached hydrogen (secondary N) is 1. The largest absolute Gasteiger partial charge is 0.494 e. The van der Waals surface area contributed by atoms with E-state index in [1.165, 1.54) is 9.13 Å². The van der Waals surface area contributed by atoms with Gasteiger partial charge in [-0.3, -0.25) is 24.0 Å². The second kappa shape index (κ2) is 5.81. The van der Waals surface area contributed by atoms with Gasteiger partial charge in [-0.05, 0) is 24.0 Å². The smallest absolute Gasteiger partial charge is 0.329 e. The Balaban J connectivity index is 2.28. The second-order valence-corrected chi connectivity index (χ2v) is 6.39. The van der Waals surface area contributed by atoms with Gasteiger partial charge in [0.2, 0.25) is 11.8 Å². The first kappa shape index (κ1) is 16.3. The fraction of sp³-hybridized carbons (Fsp3) is 0.471. The monoisotopic (exact) mass is 331 g/mol. The molecule has 1 saturated heterocycles. The Morgan fingerprint density at radius 1 is 1.25 bits per heavy atom. The molecule has 1 aromatic heterocycles. The first-order chi connectivity index (χ1) is 11.4. The highest BCUT2D eigenvalue weighted by Gasteiger charge is 2.32. The number of hydrogen-bond acceptors (Lipinski definition) is 4. The molecule has 0 saturated carbocycles. The maximum absolute atomic E-state index is 12.8. The predicted octanol–water partition coefficient (Wildman–Crippen LogP) is 1.45. The van der Waals surface area contributed by atoms with Crippen molar-refractivity contribution in [1.82, 2.24) is 14.5 Å². The molecule has 7 heteroatoms. The van der Waals surface area contributed by atoms with Crippen LogP contribution in [0.2, 0.25) is 0 Å². The van der Waals surface area contributed by atoms with Gasteiger partial charge in [-0.2, -0.15) is 0 Å². The number of imide groups is 1. The van der Waals surface area contributed by atoms with Gasteiger partial charge in [0.25, 0.3) is 0 Å². The van der Waals surface area contributed by atoms with Gasteiger partial charge in [0, 0.05) is 13.5 Å². The van der Waals surface area contributed by atoms with Crippen LogP contribution in [0.3, 0.4) is 0 Å². The van der Waals surface area contributed by atoms with E-state index in [0.717, 1.165) is 5.56 Å². The molecule has 0 spiro atoms. The van der Waals surface area contributed by atoms with Crippen molar-refractivity contribution >= 4 is 22.8 Å². The summed E-state index contributed by atoms with van der Waals surface area (Å²) in [6.07, 6.45) is 0.540. The first-order valence-corrected chi connectivity index (χ1v) is 7.98. The van der Waals surface area contributed by atoms with Crippen molar-refractivity contribution in [2.24, 2.45) is 7.05 Å². The molecule has 7 nitrogen and oxygen atoms in total. The third-order valence-electron chi connectivity index (χ3n) is 4.58. The number of rotatable bonds is 3. The van der Waals surface area contributed by atoms with E-state index in [2.05, 4.69) is 19.2 Å². The van der Waals surface area contributed by atoms with Gasteiger partial charge in [0.1, 0.15) is 17.3 Å². The molecule has 0 radical (unpaired) electrons. The van der Waals surface area contributed by atoms with Gasteiger partial charge in [0.15, 0.2) is 0 Å². The molecule has 1 N–H and O–H groups in total. The summed E-state index contributed by atoms with van der Waals surface area (Å²) in [4.78, 5) is 36.4. The Kier molecular flexibility index (Phi) is 3.95. The molecular formula is C17H21N3O4. The highest BCUT2D eigenvalue weighted by molar-refractivity contribution is 6.00. The van der Waals surface area contributed by atoms with Gasteiger partial charge in [0.05, 0.1) is 12.6 Å². The number of hydrogen-bond donors (Lipinski definition) is 1. The van der Waals surface area contributed by atoms with Crippen molar-refractivity contribution in [3.63, 3.8) is 0 Å². The zero-order valence-electron chi connectivity index (χ0n) is 14.3. The topological polar surface area (TPSA) is 82.3 Å². The SMILES string of the molecule is COc1c(C(C)C)ccc2c1n(C)c(=O)n2C1CCC(=O)NC1=O. The Bertz CT molecular complexity index is 891. The average Bonchev–Trinajstić information content (AvgIpc) is 2.78. The van der Waals surface area contributed by atoms with E-state index in [1.54, 1.807) is 14.2 Å². The normalized spacial score (nSPS) is 18.3. The summed E-state index contributed by atoms with van der Waals surface area (Å²) in [7, 11) is 3.24. The van der Waals surface area contributed by atoms with E-state index in [9.17, 15) is 14.4 Å². The molecule has 1 aliphatic heterocycles. The van der Waals surface area contributed by atoms with E-state index in [1.807, 2.05) is 12.1 Å². The average molecular weight is 331 g/mol. The number of carbonyl (C=O) groups is 2. The summed E-state index contributed by atoms with van der Waals surface area (Å²) in [5.41, 5.74) is 2.01. The minimum atomic E-state index is -0.687. The van der Waals surface area contributed by atoms with Crippen molar-refractivity contribution in [1.29, 1.82) is 0 Å². The van der Waals surface area contributed by atoms with E-state index in [-0.39, 0.29) is 23.9 Å². The van der Waals surface area contributed by atoms with E-state index >= 15 is 0 Å². The second-order valence-electron chi connectivity index (χ2n) is 6.39. The fourth-order valence-corrected chi connectivity index (χ4v) is 3.35. The summed E-state index contributed by atoms with van der Waals surface area (Å²) < 4.78 is 8.54. The van der Waals surface area contributed by atoms with Gasteiger partial charge < -0.3 is 4.74 Å². The van der Waals surface area contributed by atoms with Crippen LogP contribution in [0.25, 0.3) is 11.0 Å². The number of imidazole rings is 1. The van der Waals surface area contributed by atoms with Gasteiger partial charge in [-0.1, -0.05) is 19.9 Å². The molecule has 2 amide bonds. The highest BCUT2D eigenvalue weighted by atomic mass is 16.5. The molecular weight excluding hydrogens is 310 g/mol. The lowest BCUT2D eigenvalue weighted by molar-refractivity contribution is -0.135. The number of fused-ring (bicyclic) bond motifs is 1. The maximum Gasteiger partial charge on any atom is 0.329 e. The summed E-state index contributed by atoms with van der Waals surface area (Å²) in [5.74, 6) is 0.142. The Morgan fingerprint density at radius 3 is 2.54 bits per heavy atom. The van der Waals surface area contributed by atoms with E-state index < -0.39 is 11.9 Å². The van der Waals surface area contributed by atoms with Crippen LogP contribution in [-0.2, 0) is 16.6 Å². The molecule has 2 aromatic rings. The zero-order valence-corrected chi connectivity index (χ0v) is 14.3. The molecule has 2 heterocycles. The van der Waals surface area contributed by atoms with Crippen LogP contribution in [0.4, 0.5) is 0 Å². The summed E-state index contributed by atoms with van der Waals surface area (Å²) in [6, 6.07) is 3.08. The number of benzene rings is 1. The van der Waals surface area contributed by atoms with Crippen LogP contribution in [0.5, 0.6) is 5.75 Å². The number of aromatic nitrogens is 2. The Labute approximate surface area is 139 Å². The minimum absolute atomic E-state index is 0.223. The molecule has 128 valence electrons. The third-order valence-corrected chi connectivity index (χ3v) is 4.58.